The first-order valence-corrected chi connectivity index (χ1v) is 6.93. The number of imidazole rings is 1. The summed E-state index contributed by atoms with van der Waals surface area (Å²) >= 11 is 5.09. The van der Waals surface area contributed by atoms with E-state index in [0.717, 1.165) is 25.5 Å². The molecule has 0 unspecified atom stereocenters. The van der Waals surface area contributed by atoms with Gasteiger partial charge in [0.15, 0.2) is 5.82 Å². The average Bonchev–Trinajstić information content (AvgIpc) is 2.94. The molecule has 3 nitrogen and oxygen atoms in total. The van der Waals surface area contributed by atoms with Crippen molar-refractivity contribution in [3.63, 3.8) is 0 Å². The molecule has 0 bridgehead atoms. The Morgan fingerprint density at radius 3 is 2.83 bits per heavy atom. The normalized spacial score (nSPS) is 10.7. The van der Waals surface area contributed by atoms with Crippen LogP contribution in [0.1, 0.15) is 5.56 Å². The van der Waals surface area contributed by atoms with Crippen molar-refractivity contribution in [1.29, 1.82) is 5.26 Å². The second-order valence-electron chi connectivity index (χ2n) is 3.88. The maximum Gasteiger partial charge on any atom is 0.151 e. The molecule has 0 spiro atoms. The Hall–Kier alpha value is -1.64. The highest BCUT2D eigenvalue weighted by Gasteiger charge is 2.13. The van der Waals surface area contributed by atoms with Crippen LogP contribution in [-0.4, -0.2) is 9.55 Å². The third kappa shape index (κ3) is 1.65. The highest BCUT2D eigenvalue weighted by atomic mass is 79.9. The standard InChI is InChI=1S/C13H8BrN3S/c1-17-9-4-2-3-8(7-15)12(9)16-13(17)10-5-6-11(14)18-10/h2-6H,1H3. The van der Waals surface area contributed by atoms with Crippen molar-refractivity contribution in [3.05, 3.63) is 39.7 Å². The summed E-state index contributed by atoms with van der Waals surface area (Å²) in [4.78, 5) is 5.68. The molecule has 0 aliphatic rings. The molecule has 0 radical (unpaired) electrons. The van der Waals surface area contributed by atoms with E-state index in [9.17, 15) is 0 Å². The molecule has 0 N–H and O–H groups in total. The van der Waals surface area contributed by atoms with Gasteiger partial charge >= 0.3 is 0 Å². The molecule has 18 heavy (non-hydrogen) atoms. The molecule has 0 fully saturated rings. The molecular formula is C13H8BrN3S. The fourth-order valence-electron chi connectivity index (χ4n) is 1.96. The predicted octanol–water partition coefficient (Wildman–Crippen LogP) is 3.94. The molecule has 0 aliphatic carbocycles. The molecule has 0 aliphatic heterocycles. The number of halogens is 1. The lowest BCUT2D eigenvalue weighted by Gasteiger charge is -1.98. The van der Waals surface area contributed by atoms with Gasteiger partial charge in [-0.1, -0.05) is 6.07 Å². The number of hydrogen-bond donors (Lipinski definition) is 0. The predicted molar refractivity (Wildman–Crippen MR) is 76.4 cm³/mol. The third-order valence-corrected chi connectivity index (χ3v) is 4.45. The van der Waals surface area contributed by atoms with Gasteiger partial charge in [0.05, 0.1) is 19.7 Å². The van der Waals surface area contributed by atoms with E-state index in [-0.39, 0.29) is 0 Å². The third-order valence-electron chi connectivity index (χ3n) is 2.83. The van der Waals surface area contributed by atoms with E-state index in [1.807, 2.05) is 35.9 Å². The summed E-state index contributed by atoms with van der Waals surface area (Å²) in [6.07, 6.45) is 0. The Morgan fingerprint density at radius 1 is 1.33 bits per heavy atom. The zero-order valence-corrected chi connectivity index (χ0v) is 11.9. The van der Waals surface area contributed by atoms with Gasteiger partial charge in [0.25, 0.3) is 0 Å². The first-order chi connectivity index (χ1) is 8.70. The smallest absolute Gasteiger partial charge is 0.151 e. The van der Waals surface area contributed by atoms with E-state index in [0.29, 0.717) is 5.56 Å². The minimum absolute atomic E-state index is 0.616. The van der Waals surface area contributed by atoms with Crippen molar-refractivity contribution in [2.24, 2.45) is 7.05 Å². The summed E-state index contributed by atoms with van der Waals surface area (Å²) in [6, 6.07) is 11.9. The molecule has 5 heteroatoms. The largest absolute Gasteiger partial charge is 0.326 e. The van der Waals surface area contributed by atoms with Crippen LogP contribution in [0.4, 0.5) is 0 Å². The fraction of sp³-hybridized carbons (Fsp3) is 0.0769. The van der Waals surface area contributed by atoms with E-state index in [1.165, 1.54) is 0 Å². The Kier molecular flexibility index (Phi) is 2.69. The van der Waals surface area contributed by atoms with Gasteiger partial charge < -0.3 is 4.57 Å². The molecule has 0 atom stereocenters. The topological polar surface area (TPSA) is 41.6 Å². The Bertz CT molecular complexity index is 779. The summed E-state index contributed by atoms with van der Waals surface area (Å²) in [5.41, 5.74) is 2.36. The summed E-state index contributed by atoms with van der Waals surface area (Å²) in [7, 11) is 1.97. The SMILES string of the molecule is Cn1c(-c2ccc(Br)s2)nc2c(C#N)cccc21. The van der Waals surface area contributed by atoms with E-state index >= 15 is 0 Å². The Morgan fingerprint density at radius 2 is 2.17 bits per heavy atom. The summed E-state index contributed by atoms with van der Waals surface area (Å²) in [6.45, 7) is 0. The lowest BCUT2D eigenvalue weighted by atomic mass is 10.2. The number of benzene rings is 1. The van der Waals surface area contributed by atoms with Crippen molar-refractivity contribution in [3.8, 4) is 16.8 Å². The first kappa shape index (κ1) is 11.5. The lowest BCUT2D eigenvalue weighted by molar-refractivity contribution is 0.963. The average molecular weight is 318 g/mol. The van der Waals surface area contributed by atoms with E-state index in [2.05, 4.69) is 27.0 Å². The van der Waals surface area contributed by atoms with Gasteiger partial charge in [0.2, 0.25) is 0 Å². The Balaban J connectivity index is 2.33. The quantitative estimate of drug-likeness (QED) is 0.682. The highest BCUT2D eigenvalue weighted by molar-refractivity contribution is 9.11. The number of aromatic nitrogens is 2. The van der Waals surface area contributed by atoms with Gasteiger partial charge in [0.1, 0.15) is 11.6 Å². The van der Waals surface area contributed by atoms with Gasteiger partial charge in [0, 0.05) is 7.05 Å². The second kappa shape index (κ2) is 4.23. The second-order valence-corrected chi connectivity index (χ2v) is 6.35. The van der Waals surface area contributed by atoms with Crippen LogP contribution < -0.4 is 0 Å². The van der Waals surface area contributed by atoms with Crippen LogP contribution in [0, 0.1) is 11.3 Å². The van der Waals surface area contributed by atoms with Crippen molar-refractivity contribution in [2.75, 3.05) is 0 Å². The number of aryl methyl sites for hydroxylation is 1. The van der Waals surface area contributed by atoms with Crippen LogP contribution in [0.2, 0.25) is 0 Å². The van der Waals surface area contributed by atoms with E-state index in [1.54, 1.807) is 17.4 Å². The van der Waals surface area contributed by atoms with Gasteiger partial charge in [-0.2, -0.15) is 5.26 Å². The number of para-hydroxylation sites is 1. The van der Waals surface area contributed by atoms with Crippen LogP contribution in [0.5, 0.6) is 0 Å². The summed E-state index contributed by atoms with van der Waals surface area (Å²) in [5.74, 6) is 0.892. The molecule has 1 aromatic carbocycles. The zero-order valence-electron chi connectivity index (χ0n) is 9.51. The van der Waals surface area contributed by atoms with Crippen molar-refractivity contribution in [2.45, 2.75) is 0 Å². The number of fused-ring (bicyclic) bond motifs is 1. The van der Waals surface area contributed by atoms with Crippen LogP contribution in [0.25, 0.3) is 21.7 Å². The lowest BCUT2D eigenvalue weighted by Crippen LogP contribution is -1.90. The molecular weight excluding hydrogens is 310 g/mol. The molecule has 2 aromatic heterocycles. The van der Waals surface area contributed by atoms with E-state index in [4.69, 9.17) is 5.26 Å². The number of rotatable bonds is 1. The van der Waals surface area contributed by atoms with Crippen LogP contribution in [0.3, 0.4) is 0 Å². The molecule has 2 heterocycles. The summed E-state index contributed by atoms with van der Waals surface area (Å²) < 4.78 is 3.10. The van der Waals surface area contributed by atoms with Crippen molar-refractivity contribution < 1.29 is 0 Å². The van der Waals surface area contributed by atoms with Gasteiger partial charge in [-0.05, 0) is 40.2 Å². The zero-order chi connectivity index (χ0) is 12.7. The summed E-state index contributed by atoms with van der Waals surface area (Å²) in [5, 5.41) is 9.11. The van der Waals surface area contributed by atoms with Crippen LogP contribution in [0.15, 0.2) is 34.1 Å². The first-order valence-electron chi connectivity index (χ1n) is 5.32. The van der Waals surface area contributed by atoms with Crippen LogP contribution >= 0.6 is 27.3 Å². The maximum atomic E-state index is 9.11. The molecule has 3 aromatic rings. The van der Waals surface area contributed by atoms with Gasteiger partial charge in [-0.3, -0.25) is 0 Å². The maximum absolute atomic E-state index is 9.11. The molecule has 88 valence electrons. The number of nitrogens with zero attached hydrogens (tertiary/aromatic N) is 3. The molecule has 0 saturated heterocycles. The molecule has 0 amide bonds. The minimum Gasteiger partial charge on any atom is -0.326 e. The molecule has 0 saturated carbocycles. The monoisotopic (exact) mass is 317 g/mol. The number of hydrogen-bond acceptors (Lipinski definition) is 3. The van der Waals surface area contributed by atoms with Crippen LogP contribution in [-0.2, 0) is 7.05 Å². The number of thiophene rings is 1. The highest BCUT2D eigenvalue weighted by Crippen LogP contribution is 2.32. The van der Waals surface area contributed by atoms with Gasteiger partial charge in [-0.15, -0.1) is 11.3 Å². The Labute approximate surface area is 116 Å². The fourth-order valence-corrected chi connectivity index (χ4v) is 3.37. The van der Waals surface area contributed by atoms with Crippen molar-refractivity contribution in [1.82, 2.24) is 9.55 Å². The minimum atomic E-state index is 0.616. The van der Waals surface area contributed by atoms with Gasteiger partial charge in [-0.25, -0.2) is 4.98 Å². The van der Waals surface area contributed by atoms with E-state index < -0.39 is 0 Å². The van der Waals surface area contributed by atoms with Crippen molar-refractivity contribution >= 4 is 38.3 Å². The number of nitriles is 1. The molecule has 3 rings (SSSR count).